The van der Waals surface area contributed by atoms with Crippen molar-refractivity contribution in [2.45, 2.75) is 27.2 Å². The van der Waals surface area contributed by atoms with Gasteiger partial charge in [-0.1, -0.05) is 42.5 Å². The fourth-order valence-corrected chi connectivity index (χ4v) is 2.30. The minimum Gasteiger partial charge on any atom is -0.355 e. The second kappa shape index (κ2) is 7.77. The Labute approximate surface area is 143 Å². The van der Waals surface area contributed by atoms with E-state index in [0.717, 1.165) is 17.5 Å². The second-order valence-electron chi connectivity index (χ2n) is 6.44. The van der Waals surface area contributed by atoms with E-state index in [1.165, 1.54) is 0 Å². The Morgan fingerprint density at radius 1 is 0.958 bits per heavy atom. The third-order valence-corrected chi connectivity index (χ3v) is 3.95. The molecule has 0 saturated carbocycles. The van der Waals surface area contributed by atoms with Crippen LogP contribution in [0.1, 0.15) is 25.0 Å². The third kappa shape index (κ3) is 4.69. The van der Waals surface area contributed by atoms with Crippen molar-refractivity contribution in [2.75, 3.05) is 11.9 Å². The van der Waals surface area contributed by atoms with E-state index in [4.69, 9.17) is 0 Å². The minimum atomic E-state index is -1.14. The zero-order valence-corrected chi connectivity index (χ0v) is 14.4. The molecule has 2 N–H and O–H groups in total. The molecule has 0 radical (unpaired) electrons. The Morgan fingerprint density at radius 3 is 2.33 bits per heavy atom. The summed E-state index contributed by atoms with van der Waals surface area (Å²) in [5, 5.41) is 5.66. The van der Waals surface area contributed by atoms with Crippen LogP contribution in [0.4, 0.5) is 5.69 Å². The van der Waals surface area contributed by atoms with Crippen LogP contribution in [-0.4, -0.2) is 18.4 Å². The maximum absolute atomic E-state index is 12.4. The zero-order chi connectivity index (χ0) is 17.6. The van der Waals surface area contributed by atoms with Crippen LogP contribution in [0.3, 0.4) is 0 Å². The van der Waals surface area contributed by atoms with Crippen molar-refractivity contribution in [3.63, 3.8) is 0 Å². The molecule has 4 heteroatoms. The highest BCUT2D eigenvalue weighted by atomic mass is 16.2. The molecule has 2 rings (SSSR count). The first-order chi connectivity index (χ1) is 11.4. The summed E-state index contributed by atoms with van der Waals surface area (Å²) in [6.45, 7) is 5.73. The van der Waals surface area contributed by atoms with Gasteiger partial charge in [0.25, 0.3) is 0 Å². The number of hydrogen-bond donors (Lipinski definition) is 2. The molecule has 0 aliphatic heterocycles. The molecule has 2 aromatic rings. The van der Waals surface area contributed by atoms with Crippen molar-refractivity contribution in [3.05, 3.63) is 65.7 Å². The van der Waals surface area contributed by atoms with Crippen molar-refractivity contribution in [1.29, 1.82) is 0 Å². The molecule has 2 aromatic carbocycles. The molecule has 4 nitrogen and oxygen atoms in total. The number of amides is 2. The van der Waals surface area contributed by atoms with E-state index in [0.29, 0.717) is 12.2 Å². The average molecular weight is 324 g/mol. The molecule has 24 heavy (non-hydrogen) atoms. The molecule has 0 aliphatic carbocycles. The second-order valence-corrected chi connectivity index (χ2v) is 6.44. The van der Waals surface area contributed by atoms with Gasteiger partial charge in [-0.05, 0) is 50.5 Å². The number of carbonyl (C=O) groups is 2. The molecular weight excluding hydrogens is 300 g/mol. The van der Waals surface area contributed by atoms with Gasteiger partial charge in [0.05, 0.1) is 0 Å². The van der Waals surface area contributed by atoms with Gasteiger partial charge in [0.15, 0.2) is 0 Å². The Bertz CT molecular complexity index is 709. The van der Waals surface area contributed by atoms with Crippen molar-refractivity contribution in [1.82, 2.24) is 5.32 Å². The fourth-order valence-electron chi connectivity index (χ4n) is 2.30. The first-order valence-electron chi connectivity index (χ1n) is 8.10. The van der Waals surface area contributed by atoms with Gasteiger partial charge < -0.3 is 10.6 Å². The van der Waals surface area contributed by atoms with Crippen LogP contribution >= 0.6 is 0 Å². The van der Waals surface area contributed by atoms with Crippen LogP contribution < -0.4 is 10.6 Å². The summed E-state index contributed by atoms with van der Waals surface area (Å²) in [6, 6.07) is 17.4. The van der Waals surface area contributed by atoms with Gasteiger partial charge in [-0.2, -0.15) is 0 Å². The Balaban J connectivity index is 1.90. The molecule has 0 spiro atoms. The quantitative estimate of drug-likeness (QED) is 0.801. The lowest BCUT2D eigenvalue weighted by atomic mass is 9.90. The van der Waals surface area contributed by atoms with Crippen molar-refractivity contribution in [2.24, 2.45) is 5.41 Å². The summed E-state index contributed by atoms with van der Waals surface area (Å²) in [7, 11) is 0. The van der Waals surface area contributed by atoms with E-state index >= 15 is 0 Å². The molecule has 0 heterocycles. The highest BCUT2D eigenvalue weighted by Crippen LogP contribution is 2.19. The fraction of sp³-hybridized carbons (Fsp3) is 0.300. The van der Waals surface area contributed by atoms with Gasteiger partial charge in [0.2, 0.25) is 11.8 Å². The predicted molar refractivity (Wildman–Crippen MR) is 96.7 cm³/mol. The Hall–Kier alpha value is -2.62. The standard InChI is InChI=1S/C20H24N2O2/c1-15-8-7-11-17(14-15)22-19(24)20(2,3)18(23)21-13-12-16-9-5-4-6-10-16/h4-11,14H,12-13H2,1-3H3,(H,21,23)(H,22,24). The van der Waals surface area contributed by atoms with Crippen LogP contribution in [0.25, 0.3) is 0 Å². The molecule has 0 atom stereocenters. The molecular formula is C20H24N2O2. The van der Waals surface area contributed by atoms with E-state index in [1.54, 1.807) is 13.8 Å². The monoisotopic (exact) mass is 324 g/mol. The number of aryl methyl sites for hydroxylation is 1. The van der Waals surface area contributed by atoms with E-state index in [2.05, 4.69) is 10.6 Å². The summed E-state index contributed by atoms with van der Waals surface area (Å²) in [4.78, 5) is 24.8. The smallest absolute Gasteiger partial charge is 0.239 e. The SMILES string of the molecule is Cc1cccc(NC(=O)C(C)(C)C(=O)NCCc2ccccc2)c1. The van der Waals surface area contributed by atoms with Crippen LogP contribution in [0.2, 0.25) is 0 Å². The van der Waals surface area contributed by atoms with Gasteiger partial charge in [0.1, 0.15) is 5.41 Å². The lowest BCUT2D eigenvalue weighted by Crippen LogP contribution is -2.45. The van der Waals surface area contributed by atoms with Crippen molar-refractivity contribution in [3.8, 4) is 0 Å². The number of rotatable bonds is 6. The van der Waals surface area contributed by atoms with Gasteiger partial charge in [-0.15, -0.1) is 0 Å². The van der Waals surface area contributed by atoms with Crippen molar-refractivity contribution < 1.29 is 9.59 Å². The van der Waals surface area contributed by atoms with Crippen LogP contribution in [-0.2, 0) is 16.0 Å². The lowest BCUT2D eigenvalue weighted by Gasteiger charge is -2.23. The summed E-state index contributed by atoms with van der Waals surface area (Å²) in [5.74, 6) is -0.589. The largest absolute Gasteiger partial charge is 0.355 e. The number of hydrogen-bond acceptors (Lipinski definition) is 2. The van der Waals surface area contributed by atoms with E-state index in [9.17, 15) is 9.59 Å². The number of nitrogens with one attached hydrogen (secondary N) is 2. The minimum absolute atomic E-state index is 0.274. The summed E-state index contributed by atoms with van der Waals surface area (Å²) >= 11 is 0. The molecule has 0 fully saturated rings. The number of benzene rings is 2. The maximum atomic E-state index is 12.4. The van der Waals surface area contributed by atoms with Gasteiger partial charge in [-0.25, -0.2) is 0 Å². The van der Waals surface area contributed by atoms with Gasteiger partial charge in [-0.3, -0.25) is 9.59 Å². The van der Waals surface area contributed by atoms with Gasteiger partial charge in [0, 0.05) is 12.2 Å². The summed E-state index contributed by atoms with van der Waals surface area (Å²) in [5.41, 5.74) is 1.77. The molecule has 0 aromatic heterocycles. The van der Waals surface area contributed by atoms with Gasteiger partial charge >= 0.3 is 0 Å². The summed E-state index contributed by atoms with van der Waals surface area (Å²) < 4.78 is 0. The van der Waals surface area contributed by atoms with E-state index in [1.807, 2.05) is 61.5 Å². The van der Waals surface area contributed by atoms with Crippen LogP contribution in [0, 0.1) is 12.3 Å². The maximum Gasteiger partial charge on any atom is 0.239 e. The van der Waals surface area contributed by atoms with Crippen LogP contribution in [0.15, 0.2) is 54.6 Å². The molecule has 126 valence electrons. The molecule has 2 amide bonds. The zero-order valence-electron chi connectivity index (χ0n) is 14.4. The third-order valence-electron chi connectivity index (χ3n) is 3.95. The molecule has 0 aliphatic rings. The average Bonchev–Trinajstić information content (AvgIpc) is 2.55. The Morgan fingerprint density at radius 2 is 1.67 bits per heavy atom. The molecule has 0 saturated heterocycles. The van der Waals surface area contributed by atoms with E-state index < -0.39 is 5.41 Å². The van der Waals surface area contributed by atoms with Crippen molar-refractivity contribution >= 4 is 17.5 Å². The topological polar surface area (TPSA) is 58.2 Å². The first-order valence-corrected chi connectivity index (χ1v) is 8.10. The summed E-state index contributed by atoms with van der Waals surface area (Å²) in [6.07, 6.45) is 0.738. The molecule has 0 bridgehead atoms. The number of carbonyl (C=O) groups excluding carboxylic acids is 2. The highest BCUT2D eigenvalue weighted by molar-refractivity contribution is 6.09. The number of anilines is 1. The van der Waals surface area contributed by atoms with E-state index in [-0.39, 0.29) is 11.8 Å². The normalized spacial score (nSPS) is 11.0. The highest BCUT2D eigenvalue weighted by Gasteiger charge is 2.35. The Kier molecular flexibility index (Phi) is 5.74. The predicted octanol–water partition coefficient (Wildman–Crippen LogP) is 3.32. The van der Waals surface area contributed by atoms with Crippen LogP contribution in [0.5, 0.6) is 0 Å². The lowest BCUT2D eigenvalue weighted by molar-refractivity contribution is -0.138. The molecule has 0 unspecified atom stereocenters. The first kappa shape index (κ1) is 17.7.